The van der Waals surface area contributed by atoms with Crippen LogP contribution in [0.3, 0.4) is 0 Å². The summed E-state index contributed by atoms with van der Waals surface area (Å²) in [6, 6.07) is 9.30. The summed E-state index contributed by atoms with van der Waals surface area (Å²) < 4.78 is 26.3. The molecule has 1 N–H and O–H groups in total. The molecule has 1 unspecified atom stereocenters. The van der Waals surface area contributed by atoms with Gasteiger partial charge >= 0.3 is 0 Å². The van der Waals surface area contributed by atoms with Crippen molar-refractivity contribution in [1.82, 2.24) is 0 Å². The van der Waals surface area contributed by atoms with Gasteiger partial charge in [0.05, 0.1) is 5.02 Å². The maximum atomic E-state index is 13.3. The molecule has 0 spiro atoms. The first-order valence-electron chi connectivity index (χ1n) is 7.74. The molecule has 0 aromatic heterocycles. The Labute approximate surface area is 151 Å². The van der Waals surface area contributed by atoms with Crippen molar-refractivity contribution in [3.05, 3.63) is 65.2 Å². The fourth-order valence-corrected chi connectivity index (χ4v) is 3.37. The summed E-state index contributed by atoms with van der Waals surface area (Å²) in [6.07, 6.45) is 1.12. The van der Waals surface area contributed by atoms with E-state index in [-0.39, 0.29) is 0 Å². The van der Waals surface area contributed by atoms with Crippen molar-refractivity contribution < 1.29 is 8.78 Å². The van der Waals surface area contributed by atoms with Crippen molar-refractivity contribution in [2.45, 2.75) is 25.2 Å². The molecule has 1 atom stereocenters. The van der Waals surface area contributed by atoms with Crippen molar-refractivity contribution in [2.75, 3.05) is 11.1 Å². The van der Waals surface area contributed by atoms with Crippen LogP contribution in [0.15, 0.2) is 47.9 Å². The van der Waals surface area contributed by atoms with Crippen LogP contribution < -0.4 is 5.32 Å². The predicted molar refractivity (Wildman–Crippen MR) is 101 cm³/mol. The molecule has 0 saturated heterocycles. The third kappa shape index (κ3) is 4.99. The van der Waals surface area contributed by atoms with E-state index in [1.807, 2.05) is 18.2 Å². The summed E-state index contributed by atoms with van der Waals surface area (Å²) in [5, 5.41) is 3.70. The van der Waals surface area contributed by atoms with Crippen LogP contribution in [-0.2, 0) is 0 Å². The average molecular weight is 368 g/mol. The second kappa shape index (κ2) is 8.54. The Balaban J connectivity index is 2.12. The second-order valence-corrected chi connectivity index (χ2v) is 7.17. The van der Waals surface area contributed by atoms with Crippen LogP contribution in [-0.4, -0.2) is 5.75 Å². The quantitative estimate of drug-likeness (QED) is 0.537. The molecule has 2 aromatic carbocycles. The minimum absolute atomic E-state index is 0.447. The Bertz CT molecular complexity index is 733. The van der Waals surface area contributed by atoms with Crippen LogP contribution in [0.5, 0.6) is 0 Å². The number of anilines is 1. The van der Waals surface area contributed by atoms with Crippen molar-refractivity contribution in [3.63, 3.8) is 0 Å². The molecule has 0 heterocycles. The SMILES string of the molecule is C=C(Nc1ccc(F)c(F)c1)c1ccc(Cl)c(SCC(C)CC)c1. The number of hydrogen-bond acceptors (Lipinski definition) is 2. The molecule has 0 radical (unpaired) electrons. The maximum absolute atomic E-state index is 13.3. The molecule has 5 heteroatoms. The predicted octanol–water partition coefficient (Wildman–Crippen LogP) is 6.84. The summed E-state index contributed by atoms with van der Waals surface area (Å²) in [5.74, 6) is -0.170. The molecule has 128 valence electrons. The Morgan fingerprint density at radius 1 is 1.21 bits per heavy atom. The molecule has 0 amide bonds. The van der Waals surface area contributed by atoms with Gasteiger partial charge in [0, 0.05) is 28.1 Å². The van der Waals surface area contributed by atoms with Gasteiger partial charge in [0.25, 0.3) is 0 Å². The summed E-state index contributed by atoms with van der Waals surface area (Å²) in [6.45, 7) is 8.34. The third-order valence-electron chi connectivity index (χ3n) is 3.71. The monoisotopic (exact) mass is 367 g/mol. The van der Waals surface area contributed by atoms with Crippen molar-refractivity contribution >= 4 is 34.7 Å². The van der Waals surface area contributed by atoms with Crippen molar-refractivity contribution in [2.24, 2.45) is 5.92 Å². The van der Waals surface area contributed by atoms with E-state index in [0.717, 1.165) is 34.8 Å². The molecular formula is C19H20ClF2NS. The Morgan fingerprint density at radius 2 is 1.96 bits per heavy atom. The number of hydrogen-bond donors (Lipinski definition) is 1. The van der Waals surface area contributed by atoms with E-state index in [4.69, 9.17) is 11.6 Å². The summed E-state index contributed by atoms with van der Waals surface area (Å²) >= 11 is 7.98. The lowest BCUT2D eigenvalue weighted by molar-refractivity contribution is 0.509. The zero-order valence-corrected chi connectivity index (χ0v) is 15.3. The van der Waals surface area contributed by atoms with Gasteiger partial charge in [-0.15, -0.1) is 11.8 Å². The number of halogens is 3. The number of benzene rings is 2. The van der Waals surface area contributed by atoms with Crippen LogP contribution in [0, 0.1) is 17.6 Å². The molecule has 24 heavy (non-hydrogen) atoms. The second-order valence-electron chi connectivity index (χ2n) is 5.70. The molecule has 0 aliphatic rings. The smallest absolute Gasteiger partial charge is 0.160 e. The van der Waals surface area contributed by atoms with E-state index in [2.05, 4.69) is 25.7 Å². The van der Waals surface area contributed by atoms with Crippen LogP contribution >= 0.6 is 23.4 Å². The topological polar surface area (TPSA) is 12.0 Å². The standard InChI is InChI=1S/C19H20ClF2NS/c1-4-12(2)11-24-19-9-14(5-7-16(19)20)13(3)23-15-6-8-17(21)18(22)10-15/h5-10,12,23H,3-4,11H2,1-2H3. The van der Waals surface area contributed by atoms with Gasteiger partial charge in [-0.1, -0.05) is 44.5 Å². The lowest BCUT2D eigenvalue weighted by atomic mass is 10.1. The van der Waals surface area contributed by atoms with Gasteiger partial charge in [-0.25, -0.2) is 8.78 Å². The molecule has 1 nitrogen and oxygen atoms in total. The summed E-state index contributed by atoms with van der Waals surface area (Å²) in [5.41, 5.74) is 1.90. The molecule has 2 rings (SSSR count). The molecular weight excluding hydrogens is 348 g/mol. The van der Waals surface area contributed by atoms with Gasteiger partial charge < -0.3 is 5.32 Å². The van der Waals surface area contributed by atoms with Crippen LogP contribution in [0.4, 0.5) is 14.5 Å². The van der Waals surface area contributed by atoms with Crippen LogP contribution in [0.25, 0.3) is 5.70 Å². The lowest BCUT2D eigenvalue weighted by Crippen LogP contribution is -1.99. The van der Waals surface area contributed by atoms with Gasteiger partial charge in [0.15, 0.2) is 11.6 Å². The Morgan fingerprint density at radius 3 is 2.62 bits per heavy atom. The highest BCUT2D eigenvalue weighted by atomic mass is 35.5. The largest absolute Gasteiger partial charge is 0.355 e. The molecule has 0 aliphatic heterocycles. The van der Waals surface area contributed by atoms with Gasteiger partial charge in [0.1, 0.15) is 0 Å². The Kier molecular flexibility index (Phi) is 6.69. The van der Waals surface area contributed by atoms with Gasteiger partial charge in [0.2, 0.25) is 0 Å². The average Bonchev–Trinajstić information content (AvgIpc) is 2.57. The third-order valence-corrected chi connectivity index (χ3v) is 5.54. The van der Waals surface area contributed by atoms with Gasteiger partial charge in [-0.2, -0.15) is 0 Å². The van der Waals surface area contributed by atoms with E-state index < -0.39 is 11.6 Å². The van der Waals surface area contributed by atoms with Crippen LogP contribution in [0.1, 0.15) is 25.8 Å². The van der Waals surface area contributed by atoms with E-state index in [0.29, 0.717) is 22.3 Å². The van der Waals surface area contributed by atoms with E-state index >= 15 is 0 Å². The van der Waals surface area contributed by atoms with E-state index in [1.54, 1.807) is 11.8 Å². The van der Waals surface area contributed by atoms with Gasteiger partial charge in [-0.05, 0) is 35.7 Å². The van der Waals surface area contributed by atoms with Gasteiger partial charge in [-0.3, -0.25) is 0 Å². The molecule has 0 fully saturated rings. The normalized spacial score (nSPS) is 12.0. The maximum Gasteiger partial charge on any atom is 0.160 e. The fraction of sp³-hybridized carbons (Fsp3) is 0.263. The highest BCUT2D eigenvalue weighted by molar-refractivity contribution is 7.99. The van der Waals surface area contributed by atoms with Crippen LogP contribution in [0.2, 0.25) is 5.02 Å². The fourth-order valence-electron chi connectivity index (χ4n) is 1.97. The molecule has 2 aromatic rings. The molecule has 0 aliphatic carbocycles. The highest BCUT2D eigenvalue weighted by Crippen LogP contribution is 2.32. The first-order chi connectivity index (χ1) is 11.4. The van der Waals surface area contributed by atoms with Crippen molar-refractivity contribution in [3.8, 4) is 0 Å². The van der Waals surface area contributed by atoms with Crippen molar-refractivity contribution in [1.29, 1.82) is 0 Å². The zero-order valence-electron chi connectivity index (χ0n) is 13.7. The zero-order chi connectivity index (χ0) is 17.7. The van der Waals surface area contributed by atoms with E-state index in [1.165, 1.54) is 6.07 Å². The minimum atomic E-state index is -0.895. The number of rotatable bonds is 7. The summed E-state index contributed by atoms with van der Waals surface area (Å²) in [7, 11) is 0. The number of thioether (sulfide) groups is 1. The number of nitrogens with one attached hydrogen (secondary N) is 1. The lowest BCUT2D eigenvalue weighted by Gasteiger charge is -2.13. The minimum Gasteiger partial charge on any atom is -0.355 e. The Hall–Kier alpha value is -1.52. The molecule has 0 saturated carbocycles. The first kappa shape index (κ1) is 18.8. The summed E-state index contributed by atoms with van der Waals surface area (Å²) in [4.78, 5) is 0.989. The van der Waals surface area contributed by atoms with E-state index in [9.17, 15) is 8.78 Å². The first-order valence-corrected chi connectivity index (χ1v) is 9.10. The highest BCUT2D eigenvalue weighted by Gasteiger charge is 2.09. The molecule has 0 bridgehead atoms.